The molecule has 0 N–H and O–H groups in total. The van der Waals surface area contributed by atoms with Crippen molar-refractivity contribution in [3.05, 3.63) is 49.6 Å². The maximum Gasteiger partial charge on any atom is 0.266 e. The zero-order valence-electron chi connectivity index (χ0n) is 16.4. The lowest BCUT2D eigenvalue weighted by atomic mass is 9.69. The molecule has 2 aliphatic carbocycles. The molecule has 1 amide bonds. The number of thiocarbonyl (C=S) groups is 1. The average molecular weight is 504 g/mol. The normalized spacial score (nSPS) is 28.4. The van der Waals surface area contributed by atoms with Crippen LogP contribution in [0.25, 0.3) is 17.0 Å². The third kappa shape index (κ3) is 3.69. The smallest absolute Gasteiger partial charge is 0.266 e. The third-order valence-corrected chi connectivity index (χ3v) is 8.57. The molecule has 1 aromatic heterocycles. The summed E-state index contributed by atoms with van der Waals surface area (Å²) in [7, 11) is 0. The number of nitrogens with zero attached hydrogens (tertiary/aromatic N) is 1. The van der Waals surface area contributed by atoms with Crippen molar-refractivity contribution in [1.29, 1.82) is 0 Å². The summed E-state index contributed by atoms with van der Waals surface area (Å²) in [6.45, 7) is 0. The zero-order chi connectivity index (χ0) is 20.8. The van der Waals surface area contributed by atoms with E-state index >= 15 is 0 Å². The van der Waals surface area contributed by atoms with E-state index in [9.17, 15) is 9.59 Å². The molecule has 7 heteroatoms. The van der Waals surface area contributed by atoms with Gasteiger partial charge in [0, 0.05) is 10.5 Å². The topological polar surface area (TPSA) is 50.5 Å². The minimum Gasteiger partial charge on any atom is -0.463 e. The molecule has 1 saturated heterocycles. The molecule has 0 radical (unpaired) electrons. The third-order valence-electron chi connectivity index (χ3n) is 6.75. The Hall–Kier alpha value is -1.44. The van der Waals surface area contributed by atoms with Gasteiger partial charge in [-0.05, 0) is 55.4 Å². The van der Waals surface area contributed by atoms with Gasteiger partial charge in [-0.2, -0.15) is 0 Å². The Morgan fingerprint density at radius 3 is 2.77 bits per heavy atom. The average Bonchev–Trinajstić information content (AvgIpc) is 3.03. The maximum absolute atomic E-state index is 13.2. The fraction of sp³-hybridized carbons (Fsp3) is 0.435. The first-order chi connectivity index (χ1) is 14.5. The highest BCUT2D eigenvalue weighted by atomic mass is 79.9. The predicted molar refractivity (Wildman–Crippen MR) is 128 cm³/mol. The van der Waals surface area contributed by atoms with Crippen LogP contribution < -0.4 is 5.43 Å². The number of fused-ring (bicyclic) bond motifs is 2. The molecule has 0 bridgehead atoms. The summed E-state index contributed by atoms with van der Waals surface area (Å²) >= 11 is 10.3. The van der Waals surface area contributed by atoms with Crippen molar-refractivity contribution in [2.45, 2.75) is 51.0 Å². The first-order valence-electron chi connectivity index (χ1n) is 10.5. The van der Waals surface area contributed by atoms with Crippen molar-refractivity contribution in [2.24, 2.45) is 11.8 Å². The summed E-state index contributed by atoms with van der Waals surface area (Å²) in [4.78, 5) is 28.4. The molecular formula is C23H22BrNO3S2. The molecule has 3 fully saturated rings. The number of thioether (sulfide) groups is 1. The molecule has 4 nitrogen and oxygen atoms in total. The molecule has 156 valence electrons. The van der Waals surface area contributed by atoms with E-state index in [-0.39, 0.29) is 17.4 Å². The van der Waals surface area contributed by atoms with Crippen molar-refractivity contribution in [1.82, 2.24) is 4.90 Å². The van der Waals surface area contributed by atoms with Crippen LogP contribution in [0.3, 0.4) is 0 Å². The lowest BCUT2D eigenvalue weighted by Crippen LogP contribution is -2.44. The Morgan fingerprint density at radius 2 is 1.93 bits per heavy atom. The lowest BCUT2D eigenvalue weighted by molar-refractivity contribution is -0.124. The summed E-state index contributed by atoms with van der Waals surface area (Å²) < 4.78 is 7.04. The Bertz CT molecular complexity index is 1130. The predicted octanol–water partition coefficient (Wildman–Crippen LogP) is 6.12. The maximum atomic E-state index is 13.2. The first-order valence-corrected chi connectivity index (χ1v) is 12.5. The number of halogens is 1. The van der Waals surface area contributed by atoms with E-state index in [2.05, 4.69) is 15.9 Å². The number of rotatable bonds is 2. The molecular weight excluding hydrogens is 482 g/mol. The Balaban J connectivity index is 1.42. The van der Waals surface area contributed by atoms with Crippen molar-refractivity contribution in [2.75, 3.05) is 0 Å². The highest BCUT2D eigenvalue weighted by Gasteiger charge is 2.41. The quantitative estimate of drug-likeness (QED) is 0.365. The van der Waals surface area contributed by atoms with E-state index in [1.54, 1.807) is 18.2 Å². The summed E-state index contributed by atoms with van der Waals surface area (Å²) in [5.74, 6) is 1.47. The van der Waals surface area contributed by atoms with E-state index < -0.39 is 0 Å². The van der Waals surface area contributed by atoms with Gasteiger partial charge < -0.3 is 4.42 Å². The van der Waals surface area contributed by atoms with Gasteiger partial charge in [-0.25, -0.2) is 0 Å². The van der Waals surface area contributed by atoms with E-state index in [0.717, 1.165) is 29.2 Å². The van der Waals surface area contributed by atoms with Crippen molar-refractivity contribution in [3.63, 3.8) is 0 Å². The van der Waals surface area contributed by atoms with Crippen LogP contribution in [0.1, 0.15) is 50.5 Å². The number of carbonyl (C=O) groups excluding carboxylic acids is 1. The Morgan fingerprint density at radius 1 is 1.13 bits per heavy atom. The summed E-state index contributed by atoms with van der Waals surface area (Å²) in [6, 6.07) is 5.52. The van der Waals surface area contributed by atoms with E-state index in [0.29, 0.717) is 25.8 Å². The second kappa shape index (κ2) is 8.24. The molecule has 3 aliphatic rings. The summed E-state index contributed by atoms with van der Waals surface area (Å²) in [6.07, 6.45) is 11.6. The number of amides is 1. The minimum atomic E-state index is -0.148. The SMILES string of the molecule is O=C1/C(=C\c2coc3ccc(Br)cc3c2=O)SC(=S)N1C1CCC2CCCCC2C1. The summed E-state index contributed by atoms with van der Waals surface area (Å²) in [5.41, 5.74) is 0.750. The second-order valence-electron chi connectivity index (χ2n) is 8.48. The molecule has 0 spiro atoms. The van der Waals surface area contributed by atoms with Crippen molar-refractivity contribution in [3.8, 4) is 0 Å². The zero-order valence-corrected chi connectivity index (χ0v) is 19.7. The number of hydrogen-bond donors (Lipinski definition) is 0. The number of benzene rings is 1. The highest BCUT2D eigenvalue weighted by molar-refractivity contribution is 9.10. The van der Waals surface area contributed by atoms with Crippen LogP contribution in [0.5, 0.6) is 0 Å². The largest absolute Gasteiger partial charge is 0.463 e. The van der Waals surface area contributed by atoms with Gasteiger partial charge in [-0.15, -0.1) is 0 Å². The molecule has 2 heterocycles. The van der Waals surface area contributed by atoms with Gasteiger partial charge in [0.15, 0.2) is 5.43 Å². The highest BCUT2D eigenvalue weighted by Crippen LogP contribution is 2.44. The van der Waals surface area contributed by atoms with Crippen molar-refractivity contribution >= 4 is 67.2 Å². The molecule has 5 rings (SSSR count). The number of hydrogen-bond acceptors (Lipinski definition) is 5. The molecule has 30 heavy (non-hydrogen) atoms. The van der Waals surface area contributed by atoms with Gasteiger partial charge in [-0.1, -0.05) is 65.6 Å². The van der Waals surface area contributed by atoms with Crippen LogP contribution in [-0.2, 0) is 4.79 Å². The molecule has 3 unspecified atom stereocenters. The van der Waals surface area contributed by atoms with Gasteiger partial charge in [-0.3, -0.25) is 14.5 Å². The van der Waals surface area contributed by atoms with Gasteiger partial charge in [0.2, 0.25) is 0 Å². The van der Waals surface area contributed by atoms with Crippen LogP contribution in [0.15, 0.2) is 43.1 Å². The van der Waals surface area contributed by atoms with Crippen LogP contribution in [-0.4, -0.2) is 21.2 Å². The standard InChI is InChI=1S/C23H22BrNO3S2/c24-16-6-8-19-18(11-16)21(26)15(12-28-19)10-20-22(27)25(23(29)30-20)17-7-5-13-3-1-2-4-14(13)9-17/h6,8,10-14,17H,1-5,7,9H2/b20-10+. The van der Waals surface area contributed by atoms with Gasteiger partial charge >= 0.3 is 0 Å². The monoisotopic (exact) mass is 503 g/mol. The van der Waals surface area contributed by atoms with Gasteiger partial charge in [0.1, 0.15) is 16.2 Å². The fourth-order valence-electron chi connectivity index (χ4n) is 5.24. The molecule has 3 atom stereocenters. The molecule has 1 aliphatic heterocycles. The minimum absolute atomic E-state index is 0.0713. The van der Waals surface area contributed by atoms with E-state index in [1.807, 2.05) is 11.0 Å². The van der Waals surface area contributed by atoms with Crippen LogP contribution >= 0.6 is 39.9 Å². The van der Waals surface area contributed by atoms with Gasteiger partial charge in [0.05, 0.1) is 15.9 Å². The number of carbonyl (C=O) groups is 1. The van der Waals surface area contributed by atoms with Crippen LogP contribution in [0.4, 0.5) is 0 Å². The van der Waals surface area contributed by atoms with Crippen LogP contribution in [0, 0.1) is 11.8 Å². The molecule has 2 aromatic rings. The Labute approximate surface area is 193 Å². The molecule has 1 aromatic carbocycles. The molecule has 2 saturated carbocycles. The fourth-order valence-corrected chi connectivity index (χ4v) is 6.99. The first kappa shape index (κ1) is 20.5. The van der Waals surface area contributed by atoms with Gasteiger partial charge in [0.25, 0.3) is 5.91 Å². The van der Waals surface area contributed by atoms with Crippen molar-refractivity contribution < 1.29 is 9.21 Å². The van der Waals surface area contributed by atoms with E-state index in [4.69, 9.17) is 16.6 Å². The van der Waals surface area contributed by atoms with Crippen LogP contribution in [0.2, 0.25) is 0 Å². The second-order valence-corrected chi connectivity index (χ2v) is 11.1. The lowest BCUT2D eigenvalue weighted by Gasteiger charge is -2.41. The van der Waals surface area contributed by atoms with E-state index in [1.165, 1.54) is 50.1 Å². The summed E-state index contributed by atoms with van der Waals surface area (Å²) in [5, 5.41) is 0.490. The Kier molecular flexibility index (Phi) is 5.62.